The number of alkyl halides is 3. The summed E-state index contributed by atoms with van der Waals surface area (Å²) < 4.78 is 39.0. The monoisotopic (exact) mass is 241 g/mol. The summed E-state index contributed by atoms with van der Waals surface area (Å²) in [6, 6.07) is 5.98. The molecule has 1 N–H and O–H groups in total. The summed E-state index contributed by atoms with van der Waals surface area (Å²) in [4.78, 5) is 0. The Hall–Kier alpha value is -1.03. The zero-order valence-corrected chi connectivity index (χ0v) is 9.35. The van der Waals surface area contributed by atoms with Gasteiger partial charge in [-0.2, -0.15) is 13.2 Å². The van der Waals surface area contributed by atoms with Crippen LogP contribution < -0.4 is 5.32 Å². The van der Waals surface area contributed by atoms with Crippen LogP contribution in [0.2, 0.25) is 0 Å². The predicted octanol–water partition coefficient (Wildman–Crippen LogP) is 3.30. The average Bonchev–Trinajstić information content (AvgIpc) is 2.89. The van der Waals surface area contributed by atoms with Crippen LogP contribution in [-0.2, 0) is 11.7 Å². The topological polar surface area (TPSA) is 12.0 Å². The van der Waals surface area contributed by atoms with Crippen molar-refractivity contribution in [2.24, 2.45) is 5.92 Å². The van der Waals surface area contributed by atoms with Crippen molar-refractivity contribution in [2.45, 2.75) is 31.0 Å². The van der Waals surface area contributed by atoms with Gasteiger partial charge < -0.3 is 5.32 Å². The summed E-state index contributed by atoms with van der Waals surface area (Å²) in [5.41, 5.74) is -0.459. The lowest BCUT2D eigenvalue weighted by atomic mass is 9.85. The fraction of sp³-hybridized carbons (Fsp3) is 0.538. The van der Waals surface area contributed by atoms with Crippen LogP contribution in [0.5, 0.6) is 0 Å². The molecule has 1 saturated carbocycles. The lowest BCUT2D eigenvalue weighted by Crippen LogP contribution is -2.39. The van der Waals surface area contributed by atoms with Crippen LogP contribution in [0.15, 0.2) is 24.3 Å². The first-order valence-electron chi connectivity index (χ1n) is 5.93. The van der Waals surface area contributed by atoms with E-state index < -0.39 is 17.3 Å². The summed E-state index contributed by atoms with van der Waals surface area (Å²) in [6.45, 7) is 0.853. The van der Waals surface area contributed by atoms with Crippen molar-refractivity contribution < 1.29 is 13.2 Å². The number of hydrogen-bond acceptors (Lipinski definition) is 1. The maximum Gasteiger partial charge on any atom is 0.416 e. The SMILES string of the molecule is FC(F)(F)c1ccccc1C12CCC(CN1)C2. The van der Waals surface area contributed by atoms with Crippen molar-refractivity contribution in [3.63, 3.8) is 0 Å². The van der Waals surface area contributed by atoms with Gasteiger partial charge in [0.05, 0.1) is 5.56 Å². The average molecular weight is 241 g/mol. The number of benzene rings is 1. The molecule has 2 aliphatic rings. The molecule has 0 spiro atoms. The zero-order valence-electron chi connectivity index (χ0n) is 9.35. The standard InChI is InChI=1S/C13H14F3N/c14-13(15,16)11-4-2-1-3-10(11)12-6-5-9(7-12)8-17-12/h1-4,9,17H,5-8H2. The van der Waals surface area contributed by atoms with Gasteiger partial charge in [-0.1, -0.05) is 18.2 Å². The normalized spacial score (nSPS) is 32.1. The Kier molecular flexibility index (Phi) is 2.27. The molecule has 4 heteroatoms. The van der Waals surface area contributed by atoms with Crippen LogP contribution in [0.4, 0.5) is 13.2 Å². The summed E-state index contributed by atoms with van der Waals surface area (Å²) in [6.07, 6.45) is -1.54. The van der Waals surface area contributed by atoms with Crippen molar-refractivity contribution in [1.82, 2.24) is 5.32 Å². The molecule has 92 valence electrons. The molecule has 1 aliphatic heterocycles. The second kappa shape index (κ2) is 3.48. The minimum atomic E-state index is -4.26. The van der Waals surface area contributed by atoms with Crippen molar-refractivity contribution >= 4 is 0 Å². The van der Waals surface area contributed by atoms with Gasteiger partial charge in [0.15, 0.2) is 0 Å². The maximum atomic E-state index is 13.0. The summed E-state index contributed by atoms with van der Waals surface area (Å²) in [5.74, 6) is 0.552. The van der Waals surface area contributed by atoms with Crippen LogP contribution in [-0.4, -0.2) is 6.54 Å². The molecule has 2 bridgehead atoms. The molecule has 2 atom stereocenters. The highest BCUT2D eigenvalue weighted by atomic mass is 19.4. The molecule has 17 heavy (non-hydrogen) atoms. The Morgan fingerprint density at radius 3 is 2.53 bits per heavy atom. The molecule has 1 heterocycles. The fourth-order valence-corrected chi connectivity index (χ4v) is 3.31. The van der Waals surface area contributed by atoms with Crippen LogP contribution in [0.3, 0.4) is 0 Å². The fourth-order valence-electron chi connectivity index (χ4n) is 3.31. The second-order valence-electron chi connectivity index (χ2n) is 5.12. The largest absolute Gasteiger partial charge is 0.416 e. The minimum Gasteiger partial charge on any atom is -0.307 e. The van der Waals surface area contributed by atoms with Gasteiger partial charge in [-0.3, -0.25) is 0 Å². The molecular weight excluding hydrogens is 227 g/mol. The van der Waals surface area contributed by atoms with Crippen LogP contribution in [0.25, 0.3) is 0 Å². The highest BCUT2D eigenvalue weighted by molar-refractivity contribution is 5.38. The van der Waals surface area contributed by atoms with E-state index in [0.29, 0.717) is 11.5 Å². The molecule has 2 fully saturated rings. The lowest BCUT2D eigenvalue weighted by molar-refractivity contribution is -0.138. The molecule has 0 radical (unpaired) electrons. The second-order valence-corrected chi connectivity index (χ2v) is 5.12. The van der Waals surface area contributed by atoms with Crippen molar-refractivity contribution in [3.05, 3.63) is 35.4 Å². The lowest BCUT2D eigenvalue weighted by Gasteiger charge is -2.31. The Morgan fingerprint density at radius 2 is 2.00 bits per heavy atom. The van der Waals surface area contributed by atoms with Crippen LogP contribution in [0, 0.1) is 5.92 Å². The third kappa shape index (κ3) is 1.66. The summed E-state index contributed by atoms with van der Waals surface area (Å²) >= 11 is 0. The van der Waals surface area contributed by atoms with Gasteiger partial charge in [0.2, 0.25) is 0 Å². The summed E-state index contributed by atoms with van der Waals surface area (Å²) in [5, 5.41) is 3.30. The number of rotatable bonds is 1. The van der Waals surface area contributed by atoms with Gasteiger partial charge in [0.1, 0.15) is 0 Å². The first-order chi connectivity index (χ1) is 8.01. The quantitative estimate of drug-likeness (QED) is 0.795. The Labute approximate surface area is 98.0 Å². The van der Waals surface area contributed by atoms with Gasteiger partial charge in [0.25, 0.3) is 0 Å². The third-order valence-corrected chi connectivity index (χ3v) is 4.09. The Morgan fingerprint density at radius 1 is 1.24 bits per heavy atom. The zero-order chi connectivity index (χ0) is 12.1. The molecule has 1 nitrogen and oxygen atoms in total. The molecule has 1 saturated heterocycles. The van der Waals surface area contributed by atoms with E-state index in [9.17, 15) is 13.2 Å². The van der Waals surface area contributed by atoms with Crippen molar-refractivity contribution in [2.75, 3.05) is 6.54 Å². The first kappa shape index (κ1) is 11.1. The highest BCUT2D eigenvalue weighted by Gasteiger charge is 2.49. The van der Waals surface area contributed by atoms with E-state index in [2.05, 4.69) is 5.32 Å². The smallest absolute Gasteiger partial charge is 0.307 e. The molecule has 1 aromatic carbocycles. The van der Waals surface area contributed by atoms with E-state index in [4.69, 9.17) is 0 Å². The van der Waals surface area contributed by atoms with Gasteiger partial charge >= 0.3 is 6.18 Å². The van der Waals surface area contributed by atoms with E-state index in [1.807, 2.05) is 0 Å². The Balaban J connectivity index is 2.09. The van der Waals surface area contributed by atoms with Crippen LogP contribution in [0.1, 0.15) is 30.4 Å². The van der Waals surface area contributed by atoms with Crippen LogP contribution >= 0.6 is 0 Å². The van der Waals surface area contributed by atoms with E-state index in [1.165, 1.54) is 12.1 Å². The van der Waals surface area contributed by atoms with E-state index in [-0.39, 0.29) is 0 Å². The summed E-state index contributed by atoms with van der Waals surface area (Å²) in [7, 11) is 0. The molecule has 2 unspecified atom stereocenters. The number of nitrogens with one attached hydrogen (secondary N) is 1. The third-order valence-electron chi connectivity index (χ3n) is 4.09. The highest BCUT2D eigenvalue weighted by Crippen LogP contribution is 2.49. The number of halogens is 3. The minimum absolute atomic E-state index is 0.420. The van der Waals surface area contributed by atoms with Gasteiger partial charge in [-0.25, -0.2) is 0 Å². The van der Waals surface area contributed by atoms with E-state index >= 15 is 0 Å². The van der Waals surface area contributed by atoms with Crippen molar-refractivity contribution in [3.8, 4) is 0 Å². The van der Waals surface area contributed by atoms with Gasteiger partial charge in [0, 0.05) is 5.54 Å². The van der Waals surface area contributed by atoms with Crippen molar-refractivity contribution in [1.29, 1.82) is 0 Å². The predicted molar refractivity (Wildman–Crippen MR) is 58.5 cm³/mol. The van der Waals surface area contributed by atoms with Gasteiger partial charge in [-0.05, 0) is 43.4 Å². The van der Waals surface area contributed by atoms with Gasteiger partial charge in [-0.15, -0.1) is 0 Å². The maximum absolute atomic E-state index is 13.0. The molecule has 3 rings (SSSR count). The number of hydrogen-bond donors (Lipinski definition) is 1. The molecular formula is C13H14F3N. The molecule has 0 amide bonds. The first-order valence-corrected chi connectivity index (χ1v) is 5.93. The Bertz CT molecular complexity index is 431. The molecule has 1 aromatic rings. The number of piperidine rings is 1. The number of fused-ring (bicyclic) bond motifs is 2. The van der Waals surface area contributed by atoms with E-state index in [0.717, 1.165) is 25.8 Å². The molecule has 1 aliphatic carbocycles. The molecule has 0 aromatic heterocycles. The van der Waals surface area contributed by atoms with E-state index in [1.54, 1.807) is 12.1 Å².